The average molecular weight is 266 g/mol. The van der Waals surface area contributed by atoms with Gasteiger partial charge in [0.1, 0.15) is 0 Å². The van der Waals surface area contributed by atoms with E-state index in [1.165, 1.54) is 0 Å². The van der Waals surface area contributed by atoms with E-state index in [2.05, 4.69) is 33.9 Å². The fourth-order valence-electron chi connectivity index (χ4n) is 1.58. The van der Waals surface area contributed by atoms with Gasteiger partial charge in [0.2, 0.25) is 0 Å². The molecule has 0 bridgehead atoms. The van der Waals surface area contributed by atoms with Gasteiger partial charge in [0, 0.05) is 0 Å². The summed E-state index contributed by atoms with van der Waals surface area (Å²) in [5, 5.41) is 10.1. The predicted molar refractivity (Wildman–Crippen MR) is 79.1 cm³/mol. The van der Waals surface area contributed by atoms with Crippen LogP contribution < -0.4 is 0 Å². The highest BCUT2D eigenvalue weighted by Gasteiger charge is 2.40. The second kappa shape index (κ2) is 5.55. The fourth-order valence-corrected chi connectivity index (χ4v) is 2.90. The smallest absolute Gasteiger partial charge is 0.193 e. The first kappa shape index (κ1) is 15.4. The van der Waals surface area contributed by atoms with E-state index in [1.807, 2.05) is 30.3 Å². The summed E-state index contributed by atoms with van der Waals surface area (Å²) in [6.07, 6.45) is -0.728. The van der Waals surface area contributed by atoms with Gasteiger partial charge in [-0.15, -0.1) is 0 Å². The SMILES string of the molecule is C[C@H](O)C(O[Si](C)(C)C(C)(C)C)c1ccccc1. The standard InChI is InChI=1S/C15H26O2Si/c1-12(16)14(13-10-8-7-9-11-13)17-18(5,6)15(2,3)4/h7-12,14,16H,1-6H3/t12-,14?/m0/s1. The maximum Gasteiger partial charge on any atom is 0.193 e. The van der Waals surface area contributed by atoms with E-state index in [1.54, 1.807) is 6.92 Å². The van der Waals surface area contributed by atoms with Gasteiger partial charge < -0.3 is 9.53 Å². The minimum atomic E-state index is -1.87. The van der Waals surface area contributed by atoms with Crippen LogP contribution in [0.1, 0.15) is 39.4 Å². The van der Waals surface area contributed by atoms with Gasteiger partial charge >= 0.3 is 0 Å². The third-order valence-electron chi connectivity index (χ3n) is 3.79. The van der Waals surface area contributed by atoms with Gasteiger partial charge in [-0.25, -0.2) is 0 Å². The van der Waals surface area contributed by atoms with E-state index >= 15 is 0 Å². The first-order chi connectivity index (χ1) is 8.15. The van der Waals surface area contributed by atoms with E-state index in [4.69, 9.17) is 4.43 Å². The Morgan fingerprint density at radius 1 is 1.11 bits per heavy atom. The molecule has 1 aromatic rings. The molecule has 2 nitrogen and oxygen atoms in total. The molecule has 0 spiro atoms. The summed E-state index contributed by atoms with van der Waals surface area (Å²) in [5.41, 5.74) is 1.05. The monoisotopic (exact) mass is 266 g/mol. The molecule has 0 aliphatic carbocycles. The molecule has 1 aromatic carbocycles. The molecule has 0 radical (unpaired) electrons. The summed E-state index contributed by atoms with van der Waals surface area (Å²) in [5.74, 6) is 0. The summed E-state index contributed by atoms with van der Waals surface area (Å²) < 4.78 is 6.34. The summed E-state index contributed by atoms with van der Waals surface area (Å²) in [6.45, 7) is 12.9. The van der Waals surface area contributed by atoms with Crippen LogP contribution in [0.15, 0.2) is 30.3 Å². The molecular formula is C15H26O2Si. The van der Waals surface area contributed by atoms with Crippen LogP contribution in [-0.4, -0.2) is 19.5 Å². The Labute approximate surface area is 112 Å². The number of aliphatic hydroxyl groups excluding tert-OH is 1. The second-order valence-electron chi connectivity index (χ2n) is 6.45. The Bertz CT molecular complexity index is 366. The zero-order valence-corrected chi connectivity index (χ0v) is 13.4. The molecule has 0 heterocycles. The highest BCUT2D eigenvalue weighted by molar-refractivity contribution is 6.74. The van der Waals surface area contributed by atoms with E-state index in [-0.39, 0.29) is 11.1 Å². The van der Waals surface area contributed by atoms with Crippen LogP contribution in [0.4, 0.5) is 0 Å². The number of aliphatic hydroxyl groups is 1. The Hall–Kier alpha value is -0.643. The van der Waals surface area contributed by atoms with Crippen molar-refractivity contribution in [2.24, 2.45) is 0 Å². The van der Waals surface area contributed by atoms with Crippen LogP contribution >= 0.6 is 0 Å². The van der Waals surface area contributed by atoms with E-state index in [9.17, 15) is 5.11 Å². The molecule has 0 saturated heterocycles. The molecule has 3 heteroatoms. The molecule has 0 aliphatic heterocycles. The van der Waals surface area contributed by atoms with Gasteiger partial charge in [-0.3, -0.25) is 0 Å². The first-order valence-electron chi connectivity index (χ1n) is 6.56. The average Bonchev–Trinajstić information content (AvgIpc) is 2.25. The van der Waals surface area contributed by atoms with Gasteiger partial charge in [0.05, 0.1) is 12.2 Å². The highest BCUT2D eigenvalue weighted by atomic mass is 28.4. The number of hydrogen-bond donors (Lipinski definition) is 1. The fraction of sp³-hybridized carbons (Fsp3) is 0.600. The Balaban J connectivity index is 2.96. The van der Waals surface area contributed by atoms with Crippen molar-refractivity contribution in [3.8, 4) is 0 Å². The molecule has 2 atom stereocenters. The molecule has 0 aromatic heterocycles. The third-order valence-corrected chi connectivity index (χ3v) is 8.25. The van der Waals surface area contributed by atoms with Crippen molar-refractivity contribution >= 4 is 8.32 Å². The topological polar surface area (TPSA) is 29.5 Å². The molecule has 1 rings (SSSR count). The normalized spacial score (nSPS) is 16.4. The maximum absolute atomic E-state index is 9.99. The van der Waals surface area contributed by atoms with Crippen molar-refractivity contribution in [1.82, 2.24) is 0 Å². The zero-order chi connectivity index (χ0) is 14.0. The number of hydrogen-bond acceptors (Lipinski definition) is 2. The van der Waals surface area contributed by atoms with Gasteiger partial charge in [0.15, 0.2) is 8.32 Å². The molecule has 1 N–H and O–H groups in total. The van der Waals surface area contributed by atoms with Crippen molar-refractivity contribution in [3.05, 3.63) is 35.9 Å². The lowest BCUT2D eigenvalue weighted by Gasteiger charge is -2.40. The van der Waals surface area contributed by atoms with Crippen LogP contribution in [0.5, 0.6) is 0 Å². The van der Waals surface area contributed by atoms with Gasteiger partial charge in [0.25, 0.3) is 0 Å². The van der Waals surface area contributed by atoms with Gasteiger partial charge in [-0.2, -0.15) is 0 Å². The van der Waals surface area contributed by atoms with Crippen LogP contribution in [0, 0.1) is 0 Å². The minimum absolute atomic E-state index is 0.148. The van der Waals surface area contributed by atoms with Crippen molar-refractivity contribution in [1.29, 1.82) is 0 Å². The summed E-state index contributed by atoms with van der Waals surface area (Å²) in [6, 6.07) is 9.99. The lowest BCUT2D eigenvalue weighted by Crippen LogP contribution is -2.43. The summed E-state index contributed by atoms with van der Waals surface area (Å²) in [7, 11) is -1.87. The largest absolute Gasteiger partial charge is 0.407 e. The lowest BCUT2D eigenvalue weighted by molar-refractivity contribution is 0.0385. The maximum atomic E-state index is 9.99. The van der Waals surface area contributed by atoms with E-state index < -0.39 is 14.4 Å². The summed E-state index contributed by atoms with van der Waals surface area (Å²) >= 11 is 0. The van der Waals surface area contributed by atoms with Gasteiger partial charge in [-0.1, -0.05) is 51.1 Å². The highest BCUT2D eigenvalue weighted by Crippen LogP contribution is 2.40. The molecule has 18 heavy (non-hydrogen) atoms. The van der Waals surface area contributed by atoms with Crippen LogP contribution in [0.2, 0.25) is 18.1 Å². The lowest BCUT2D eigenvalue weighted by atomic mass is 10.1. The van der Waals surface area contributed by atoms with Crippen molar-refractivity contribution < 1.29 is 9.53 Å². The predicted octanol–water partition coefficient (Wildman–Crippen LogP) is 4.13. The molecular weight excluding hydrogens is 240 g/mol. The van der Waals surface area contributed by atoms with Crippen molar-refractivity contribution in [2.45, 2.75) is 58.0 Å². The third kappa shape index (κ3) is 3.67. The molecule has 1 unspecified atom stereocenters. The Kier molecular flexibility index (Phi) is 4.76. The van der Waals surface area contributed by atoms with Crippen LogP contribution in [0.25, 0.3) is 0 Å². The number of rotatable bonds is 4. The van der Waals surface area contributed by atoms with Crippen LogP contribution in [-0.2, 0) is 4.43 Å². The van der Waals surface area contributed by atoms with E-state index in [0.717, 1.165) is 5.56 Å². The molecule has 0 saturated carbocycles. The number of benzene rings is 1. The van der Waals surface area contributed by atoms with Crippen molar-refractivity contribution in [3.63, 3.8) is 0 Å². The molecule has 0 aliphatic rings. The van der Waals surface area contributed by atoms with Crippen molar-refractivity contribution in [2.75, 3.05) is 0 Å². The molecule has 102 valence electrons. The Morgan fingerprint density at radius 2 is 1.61 bits per heavy atom. The quantitative estimate of drug-likeness (QED) is 0.830. The molecule has 0 fully saturated rings. The first-order valence-corrected chi connectivity index (χ1v) is 9.47. The molecule has 0 amide bonds. The zero-order valence-electron chi connectivity index (χ0n) is 12.4. The summed E-state index contributed by atoms with van der Waals surface area (Å²) in [4.78, 5) is 0. The van der Waals surface area contributed by atoms with E-state index in [0.29, 0.717) is 0 Å². The minimum Gasteiger partial charge on any atom is -0.407 e. The van der Waals surface area contributed by atoms with Gasteiger partial charge in [-0.05, 0) is 30.6 Å². The van der Waals surface area contributed by atoms with Crippen LogP contribution in [0.3, 0.4) is 0 Å². The Morgan fingerprint density at radius 3 is 2.00 bits per heavy atom. The second-order valence-corrected chi connectivity index (χ2v) is 11.2.